The molecule has 1 saturated carbocycles. The van der Waals surface area contributed by atoms with Gasteiger partial charge in [-0.25, -0.2) is 0 Å². The van der Waals surface area contributed by atoms with Gasteiger partial charge in [-0.2, -0.15) is 26.3 Å². The molecule has 0 radical (unpaired) electrons. The molecule has 2 nitrogen and oxygen atoms in total. The summed E-state index contributed by atoms with van der Waals surface area (Å²) in [7, 11) is 0. The molecule has 0 bridgehead atoms. The van der Waals surface area contributed by atoms with Crippen LogP contribution < -0.4 is 5.32 Å². The number of nitrogens with zero attached hydrogens (tertiary/aromatic N) is 1. The fourth-order valence-electron chi connectivity index (χ4n) is 4.03. The maximum atomic E-state index is 13.3. The number of hydrogen-bond acceptors (Lipinski definition) is 2. The van der Waals surface area contributed by atoms with E-state index in [0.29, 0.717) is 5.17 Å². The van der Waals surface area contributed by atoms with Crippen LogP contribution in [0.3, 0.4) is 0 Å². The molecule has 0 aliphatic heterocycles. The minimum atomic E-state index is -4.67. The summed E-state index contributed by atoms with van der Waals surface area (Å²) in [6.45, 7) is 8.13. The summed E-state index contributed by atoms with van der Waals surface area (Å²) < 4.78 is 79.7. The second-order valence-corrected chi connectivity index (χ2v) is 9.52. The first-order chi connectivity index (χ1) is 14.2. The van der Waals surface area contributed by atoms with E-state index in [1.165, 1.54) is 11.8 Å². The molecule has 0 saturated heterocycles. The minimum absolute atomic E-state index is 0.184. The molecule has 1 aliphatic carbocycles. The number of anilines is 1. The molecule has 31 heavy (non-hydrogen) atoms. The molecule has 9 heteroatoms. The van der Waals surface area contributed by atoms with Crippen molar-refractivity contribution >= 4 is 22.6 Å². The third kappa shape index (κ3) is 6.80. The molecular weight excluding hydrogens is 438 g/mol. The largest absolute Gasteiger partial charge is 0.391 e. The Morgan fingerprint density at radius 2 is 1.35 bits per heavy atom. The van der Waals surface area contributed by atoms with E-state index in [1.807, 2.05) is 45.9 Å². The van der Waals surface area contributed by atoms with Crippen LogP contribution in [0.15, 0.2) is 23.2 Å². The highest BCUT2D eigenvalue weighted by molar-refractivity contribution is 8.13. The van der Waals surface area contributed by atoms with Crippen LogP contribution in [-0.4, -0.2) is 29.8 Å². The fourth-order valence-corrected chi connectivity index (χ4v) is 4.49. The summed E-state index contributed by atoms with van der Waals surface area (Å²) in [5, 5.41) is 3.57. The Hall–Kier alpha value is -1.38. The Bertz CT molecular complexity index is 722. The SMILES string of the molecule is CSC(=NC1CC(C(F)(F)F)CC(C(F)(F)F)C1)Nc1c(C(C)C)cccc1C(C)C. The number of hydrogen-bond donors (Lipinski definition) is 1. The molecule has 0 amide bonds. The molecule has 2 rings (SSSR count). The Labute approximate surface area is 184 Å². The topological polar surface area (TPSA) is 24.4 Å². The summed E-state index contributed by atoms with van der Waals surface area (Å²) in [6, 6.07) is 4.85. The number of aliphatic imine (C=N–C) groups is 1. The number of benzene rings is 1. The number of nitrogens with one attached hydrogen (secondary N) is 1. The van der Waals surface area contributed by atoms with Crippen LogP contribution in [0.25, 0.3) is 0 Å². The van der Waals surface area contributed by atoms with E-state index in [-0.39, 0.29) is 11.8 Å². The molecule has 0 spiro atoms. The summed E-state index contributed by atoms with van der Waals surface area (Å²) in [5.41, 5.74) is 2.88. The molecule has 1 N–H and O–H groups in total. The van der Waals surface area contributed by atoms with Gasteiger partial charge in [-0.1, -0.05) is 57.7 Å². The molecule has 1 aromatic carbocycles. The summed E-state index contributed by atoms with van der Waals surface area (Å²) in [4.78, 5) is 4.35. The minimum Gasteiger partial charge on any atom is -0.335 e. The predicted molar refractivity (Wildman–Crippen MR) is 116 cm³/mol. The lowest BCUT2D eigenvalue weighted by Gasteiger charge is -2.35. The van der Waals surface area contributed by atoms with E-state index < -0.39 is 49.5 Å². The lowest BCUT2D eigenvalue weighted by molar-refractivity contribution is -0.224. The first-order valence-corrected chi connectivity index (χ1v) is 11.6. The highest BCUT2D eigenvalue weighted by atomic mass is 32.2. The summed E-state index contributed by atoms with van der Waals surface area (Å²) in [6.07, 6.45) is -9.40. The van der Waals surface area contributed by atoms with Crippen molar-refractivity contribution in [1.29, 1.82) is 0 Å². The zero-order valence-electron chi connectivity index (χ0n) is 18.4. The molecule has 1 fully saturated rings. The van der Waals surface area contributed by atoms with E-state index >= 15 is 0 Å². The van der Waals surface area contributed by atoms with Gasteiger partial charge in [0.1, 0.15) is 0 Å². The average Bonchev–Trinajstić information content (AvgIpc) is 2.65. The van der Waals surface area contributed by atoms with Gasteiger partial charge in [0.2, 0.25) is 0 Å². The van der Waals surface area contributed by atoms with E-state index in [4.69, 9.17) is 0 Å². The third-order valence-electron chi connectivity index (χ3n) is 5.71. The van der Waals surface area contributed by atoms with E-state index in [0.717, 1.165) is 16.8 Å². The molecule has 0 heterocycles. The molecule has 0 aromatic heterocycles. The summed E-state index contributed by atoms with van der Waals surface area (Å²) >= 11 is 1.19. The number of para-hydroxylation sites is 1. The summed E-state index contributed by atoms with van der Waals surface area (Å²) in [5.74, 6) is -3.63. The maximum absolute atomic E-state index is 13.3. The van der Waals surface area contributed by atoms with E-state index in [1.54, 1.807) is 6.26 Å². The standard InChI is InChI=1S/C22H30F6N2S/c1-12(2)17-7-6-8-18(13(3)4)19(17)30-20(31-5)29-16-10-14(21(23,24)25)9-15(11-16)22(26,27)28/h6-8,12-16H,9-11H2,1-5H3,(H,29,30). The van der Waals surface area contributed by atoms with Gasteiger partial charge in [-0.3, -0.25) is 4.99 Å². The number of alkyl halides is 6. The zero-order chi connectivity index (χ0) is 23.6. The van der Waals surface area contributed by atoms with Crippen molar-refractivity contribution in [3.8, 4) is 0 Å². The highest BCUT2D eigenvalue weighted by Crippen LogP contribution is 2.46. The van der Waals surface area contributed by atoms with Gasteiger partial charge >= 0.3 is 12.4 Å². The molecule has 1 aromatic rings. The lowest BCUT2D eigenvalue weighted by atomic mass is 9.78. The van der Waals surface area contributed by atoms with E-state index in [9.17, 15) is 26.3 Å². The van der Waals surface area contributed by atoms with Gasteiger partial charge in [-0.15, -0.1) is 0 Å². The third-order valence-corrected chi connectivity index (χ3v) is 6.30. The van der Waals surface area contributed by atoms with Crippen LogP contribution in [0.5, 0.6) is 0 Å². The van der Waals surface area contributed by atoms with Gasteiger partial charge in [0.15, 0.2) is 5.17 Å². The number of amidine groups is 1. The van der Waals surface area contributed by atoms with Crippen molar-refractivity contribution in [2.24, 2.45) is 16.8 Å². The number of thioether (sulfide) groups is 1. The number of halogens is 6. The Morgan fingerprint density at radius 1 is 0.903 bits per heavy atom. The molecular formula is C22H30F6N2S. The molecule has 2 unspecified atom stereocenters. The van der Waals surface area contributed by atoms with Crippen molar-refractivity contribution < 1.29 is 26.3 Å². The van der Waals surface area contributed by atoms with Crippen LogP contribution in [0.2, 0.25) is 0 Å². The van der Waals surface area contributed by atoms with Crippen molar-refractivity contribution in [3.63, 3.8) is 0 Å². The zero-order valence-corrected chi connectivity index (χ0v) is 19.2. The van der Waals surface area contributed by atoms with Crippen molar-refractivity contribution in [2.75, 3.05) is 11.6 Å². The number of rotatable bonds is 4. The van der Waals surface area contributed by atoms with Crippen LogP contribution in [0, 0.1) is 11.8 Å². The Morgan fingerprint density at radius 3 is 1.71 bits per heavy atom. The van der Waals surface area contributed by atoms with Gasteiger partial charge < -0.3 is 5.32 Å². The Kier molecular flexibility index (Phi) is 8.39. The maximum Gasteiger partial charge on any atom is 0.391 e. The smallest absolute Gasteiger partial charge is 0.335 e. The van der Waals surface area contributed by atoms with E-state index in [2.05, 4.69) is 10.3 Å². The van der Waals surface area contributed by atoms with Gasteiger partial charge in [0.05, 0.1) is 17.9 Å². The van der Waals surface area contributed by atoms with Gasteiger partial charge in [0, 0.05) is 5.69 Å². The van der Waals surface area contributed by atoms with Crippen molar-refractivity contribution in [1.82, 2.24) is 0 Å². The average molecular weight is 469 g/mol. The second-order valence-electron chi connectivity index (χ2n) is 8.72. The van der Waals surface area contributed by atoms with Crippen molar-refractivity contribution in [3.05, 3.63) is 29.3 Å². The molecule has 2 atom stereocenters. The fraction of sp³-hybridized carbons (Fsp3) is 0.682. The first-order valence-electron chi connectivity index (χ1n) is 10.4. The van der Waals surface area contributed by atoms with Crippen molar-refractivity contribution in [2.45, 2.75) is 77.2 Å². The monoisotopic (exact) mass is 468 g/mol. The highest BCUT2D eigenvalue weighted by Gasteiger charge is 2.51. The van der Waals surface area contributed by atoms with Gasteiger partial charge in [-0.05, 0) is 48.5 Å². The first kappa shape index (κ1) is 25.9. The second kappa shape index (κ2) is 10.0. The van der Waals surface area contributed by atoms with Crippen LogP contribution >= 0.6 is 11.8 Å². The predicted octanol–water partition coefficient (Wildman–Crippen LogP) is 7.97. The van der Waals surface area contributed by atoms with Crippen LogP contribution in [-0.2, 0) is 0 Å². The van der Waals surface area contributed by atoms with Crippen LogP contribution in [0.4, 0.5) is 32.0 Å². The molecule has 1 aliphatic rings. The lowest BCUT2D eigenvalue weighted by Crippen LogP contribution is -2.40. The van der Waals surface area contributed by atoms with Crippen LogP contribution in [0.1, 0.15) is 69.9 Å². The molecule has 176 valence electrons. The van der Waals surface area contributed by atoms with Gasteiger partial charge in [0.25, 0.3) is 0 Å². The normalized spacial score (nSPS) is 23.5. The quantitative estimate of drug-likeness (QED) is 0.275. The Balaban J connectivity index is 2.38.